The van der Waals surface area contributed by atoms with Crippen LogP contribution in [-0.4, -0.2) is 42.9 Å². The zero-order chi connectivity index (χ0) is 18.8. The summed E-state index contributed by atoms with van der Waals surface area (Å²) in [6.45, 7) is 4.53. The van der Waals surface area contributed by atoms with E-state index in [0.717, 1.165) is 31.1 Å². The lowest BCUT2D eigenvalue weighted by Gasteiger charge is -2.35. The highest BCUT2D eigenvalue weighted by atomic mass is 19.1. The van der Waals surface area contributed by atoms with Crippen molar-refractivity contribution in [3.63, 3.8) is 0 Å². The van der Waals surface area contributed by atoms with Crippen LogP contribution in [0.2, 0.25) is 0 Å². The predicted octanol–water partition coefficient (Wildman–Crippen LogP) is 3.75. The van der Waals surface area contributed by atoms with Gasteiger partial charge < -0.3 is 19.7 Å². The third kappa shape index (κ3) is 3.50. The van der Waals surface area contributed by atoms with Gasteiger partial charge in [-0.25, -0.2) is 14.4 Å². The molecule has 4 rings (SSSR count). The first kappa shape index (κ1) is 17.5. The van der Waals surface area contributed by atoms with Gasteiger partial charge >= 0.3 is 0 Å². The summed E-state index contributed by atoms with van der Waals surface area (Å²) in [4.78, 5) is 10.8. The molecule has 0 saturated carbocycles. The number of hydrogen-bond donors (Lipinski definition) is 1. The second kappa shape index (κ2) is 7.36. The third-order valence-electron chi connectivity index (χ3n) is 4.74. The third-order valence-corrected chi connectivity index (χ3v) is 4.74. The monoisotopic (exact) mass is 368 g/mol. The molecule has 140 valence electrons. The lowest BCUT2D eigenvalue weighted by atomic mass is 10.2. The van der Waals surface area contributed by atoms with Crippen molar-refractivity contribution < 1.29 is 13.9 Å². The molecule has 2 aromatic carbocycles. The molecule has 0 aliphatic carbocycles. The Hall–Kier alpha value is -2.93. The fourth-order valence-electron chi connectivity index (χ4n) is 3.30. The van der Waals surface area contributed by atoms with Crippen molar-refractivity contribution >= 4 is 28.1 Å². The number of morpholine rings is 1. The molecule has 27 heavy (non-hydrogen) atoms. The average Bonchev–Trinajstić information content (AvgIpc) is 2.69. The maximum Gasteiger partial charge on any atom is 0.167 e. The highest BCUT2D eigenvalue weighted by Gasteiger charge is 2.19. The number of hydrogen-bond acceptors (Lipinski definition) is 6. The van der Waals surface area contributed by atoms with E-state index in [1.54, 1.807) is 6.07 Å². The number of benzene rings is 2. The highest BCUT2D eigenvalue weighted by Crippen LogP contribution is 2.30. The van der Waals surface area contributed by atoms with Crippen LogP contribution in [0.25, 0.3) is 10.9 Å². The standard InChI is InChI=1S/C20H21FN4O2/c1-13-11-27-8-7-25(13)15-5-3-14(4-6-15)24-20-16-9-19(26-2)17(21)10-18(16)22-12-23-20/h3-6,9-10,12-13H,7-8,11H2,1-2H3,(H,22,23,24). The van der Waals surface area contributed by atoms with E-state index in [1.165, 1.54) is 19.5 Å². The number of fused-ring (bicyclic) bond motifs is 1. The molecule has 1 unspecified atom stereocenters. The average molecular weight is 368 g/mol. The Morgan fingerprint density at radius 1 is 1.22 bits per heavy atom. The Morgan fingerprint density at radius 3 is 2.78 bits per heavy atom. The van der Waals surface area contributed by atoms with Gasteiger partial charge in [0, 0.05) is 35.4 Å². The summed E-state index contributed by atoms with van der Waals surface area (Å²) in [5.41, 5.74) is 2.57. The predicted molar refractivity (Wildman–Crippen MR) is 103 cm³/mol. The van der Waals surface area contributed by atoms with Gasteiger partial charge in [0.1, 0.15) is 12.1 Å². The van der Waals surface area contributed by atoms with Gasteiger partial charge in [-0.2, -0.15) is 0 Å². The van der Waals surface area contributed by atoms with Gasteiger partial charge in [0.05, 0.1) is 25.8 Å². The largest absolute Gasteiger partial charge is 0.494 e. The van der Waals surface area contributed by atoms with E-state index in [-0.39, 0.29) is 5.75 Å². The van der Waals surface area contributed by atoms with E-state index in [9.17, 15) is 4.39 Å². The van der Waals surface area contributed by atoms with Gasteiger partial charge in [-0.1, -0.05) is 0 Å². The first-order valence-electron chi connectivity index (χ1n) is 8.85. The Bertz CT molecular complexity index is 949. The molecule has 1 saturated heterocycles. The van der Waals surface area contributed by atoms with E-state index in [2.05, 4.69) is 39.2 Å². The lowest BCUT2D eigenvalue weighted by molar-refractivity contribution is 0.0989. The topological polar surface area (TPSA) is 59.5 Å². The van der Waals surface area contributed by atoms with Crippen LogP contribution in [0.1, 0.15) is 6.92 Å². The number of nitrogens with zero attached hydrogens (tertiary/aromatic N) is 3. The molecule has 0 amide bonds. The molecule has 1 aliphatic rings. The SMILES string of the molecule is COc1cc2c(Nc3ccc(N4CCOCC4C)cc3)ncnc2cc1F. The van der Waals surface area contributed by atoms with E-state index >= 15 is 0 Å². The second-order valence-corrected chi connectivity index (χ2v) is 6.52. The summed E-state index contributed by atoms with van der Waals surface area (Å²) in [5.74, 6) is 0.321. The van der Waals surface area contributed by atoms with Crippen LogP contribution in [0.5, 0.6) is 5.75 Å². The highest BCUT2D eigenvalue weighted by molar-refractivity contribution is 5.91. The fourth-order valence-corrected chi connectivity index (χ4v) is 3.30. The zero-order valence-corrected chi connectivity index (χ0v) is 15.3. The summed E-state index contributed by atoms with van der Waals surface area (Å²) in [6.07, 6.45) is 1.42. The summed E-state index contributed by atoms with van der Waals surface area (Å²) in [6, 6.07) is 11.5. The Labute approximate surface area is 156 Å². The van der Waals surface area contributed by atoms with Crippen molar-refractivity contribution in [1.29, 1.82) is 0 Å². The van der Waals surface area contributed by atoms with Gasteiger partial charge in [0.15, 0.2) is 11.6 Å². The summed E-state index contributed by atoms with van der Waals surface area (Å²) in [7, 11) is 1.44. The summed E-state index contributed by atoms with van der Waals surface area (Å²) < 4.78 is 24.5. The van der Waals surface area contributed by atoms with Gasteiger partial charge in [0.25, 0.3) is 0 Å². The smallest absolute Gasteiger partial charge is 0.167 e. The van der Waals surface area contributed by atoms with Crippen molar-refractivity contribution in [3.8, 4) is 5.75 Å². The van der Waals surface area contributed by atoms with Gasteiger partial charge in [-0.15, -0.1) is 0 Å². The molecular formula is C20H21FN4O2. The van der Waals surface area contributed by atoms with Gasteiger partial charge in [0.2, 0.25) is 0 Å². The molecule has 0 radical (unpaired) electrons. The minimum atomic E-state index is -0.446. The molecule has 1 atom stereocenters. The van der Waals surface area contributed by atoms with Crippen LogP contribution in [0.15, 0.2) is 42.7 Å². The molecule has 0 bridgehead atoms. The number of halogens is 1. The first-order chi connectivity index (χ1) is 13.2. The van der Waals surface area contributed by atoms with Crippen molar-refractivity contribution in [2.45, 2.75) is 13.0 Å². The van der Waals surface area contributed by atoms with Crippen molar-refractivity contribution in [2.75, 3.05) is 37.1 Å². The number of rotatable bonds is 4. The lowest BCUT2D eigenvalue weighted by Crippen LogP contribution is -2.43. The second-order valence-electron chi connectivity index (χ2n) is 6.52. The Balaban J connectivity index is 1.60. The van der Waals surface area contributed by atoms with Crippen LogP contribution >= 0.6 is 0 Å². The maximum atomic E-state index is 13.9. The fraction of sp³-hybridized carbons (Fsp3) is 0.300. The molecule has 1 aromatic heterocycles. The molecule has 7 heteroatoms. The van der Waals surface area contributed by atoms with Crippen LogP contribution in [0.4, 0.5) is 21.6 Å². The van der Waals surface area contributed by atoms with Gasteiger partial charge in [-0.05, 0) is 37.3 Å². The normalized spacial score (nSPS) is 17.1. The Morgan fingerprint density at radius 2 is 2.04 bits per heavy atom. The van der Waals surface area contributed by atoms with Gasteiger partial charge in [-0.3, -0.25) is 0 Å². The van der Waals surface area contributed by atoms with Crippen molar-refractivity contribution in [1.82, 2.24) is 9.97 Å². The van der Waals surface area contributed by atoms with Crippen LogP contribution in [0, 0.1) is 5.82 Å². The molecule has 1 N–H and O–H groups in total. The number of nitrogens with one attached hydrogen (secondary N) is 1. The maximum absolute atomic E-state index is 13.9. The molecule has 6 nitrogen and oxygen atoms in total. The molecule has 1 fully saturated rings. The number of methoxy groups -OCH3 is 1. The molecule has 0 spiro atoms. The number of ether oxygens (including phenoxy) is 2. The van der Waals surface area contributed by atoms with Crippen LogP contribution < -0.4 is 15.0 Å². The summed E-state index contributed by atoms with van der Waals surface area (Å²) in [5, 5.41) is 3.98. The van der Waals surface area contributed by atoms with Crippen LogP contribution in [0.3, 0.4) is 0 Å². The van der Waals surface area contributed by atoms with E-state index in [4.69, 9.17) is 9.47 Å². The summed E-state index contributed by atoms with van der Waals surface area (Å²) >= 11 is 0. The molecular weight excluding hydrogens is 347 g/mol. The van der Waals surface area contributed by atoms with E-state index in [0.29, 0.717) is 22.8 Å². The quantitative estimate of drug-likeness (QED) is 0.757. The first-order valence-corrected chi connectivity index (χ1v) is 8.85. The number of aromatic nitrogens is 2. The zero-order valence-electron chi connectivity index (χ0n) is 15.3. The molecule has 3 aromatic rings. The van der Waals surface area contributed by atoms with E-state index in [1.807, 2.05) is 12.1 Å². The van der Waals surface area contributed by atoms with Crippen molar-refractivity contribution in [3.05, 3.63) is 48.5 Å². The minimum absolute atomic E-state index is 0.164. The minimum Gasteiger partial charge on any atom is -0.494 e. The number of anilines is 3. The Kier molecular flexibility index (Phi) is 4.77. The van der Waals surface area contributed by atoms with Crippen molar-refractivity contribution in [2.24, 2.45) is 0 Å². The molecule has 1 aliphatic heterocycles. The van der Waals surface area contributed by atoms with Crippen LogP contribution in [-0.2, 0) is 4.74 Å². The van der Waals surface area contributed by atoms with E-state index < -0.39 is 5.82 Å². The molecule has 2 heterocycles.